The molecule has 11 heavy (non-hydrogen) atoms. The van der Waals surface area contributed by atoms with Crippen LogP contribution in [0.5, 0.6) is 0 Å². The first kappa shape index (κ1) is 8.96. The van der Waals surface area contributed by atoms with Crippen LogP contribution in [-0.4, -0.2) is 26.3 Å². The van der Waals surface area contributed by atoms with E-state index in [9.17, 15) is 5.11 Å². The maximum Gasteiger partial charge on any atom is 0.169 e. The van der Waals surface area contributed by atoms with E-state index in [0.29, 0.717) is 5.75 Å². The summed E-state index contributed by atoms with van der Waals surface area (Å²) in [6.07, 6.45) is 2.11. The van der Waals surface area contributed by atoms with Gasteiger partial charge in [-0.25, -0.2) is 4.98 Å². The molecule has 0 aliphatic rings. The van der Waals surface area contributed by atoms with Crippen LogP contribution in [0.3, 0.4) is 0 Å². The first-order valence-electron chi connectivity index (χ1n) is 3.40. The van der Waals surface area contributed by atoms with E-state index in [1.807, 2.05) is 6.92 Å². The molecule has 1 heterocycles. The minimum absolute atomic E-state index is 0.219. The Morgan fingerprint density at radius 2 is 2.64 bits per heavy atom. The van der Waals surface area contributed by atoms with Gasteiger partial charge in [0.05, 0.1) is 6.10 Å². The number of aliphatic hydroxyl groups is 1. The normalized spacial score (nSPS) is 13.3. The molecule has 1 unspecified atom stereocenters. The lowest BCUT2D eigenvalue weighted by atomic mass is 10.3. The fourth-order valence-corrected chi connectivity index (χ4v) is 2.03. The highest BCUT2D eigenvalue weighted by Crippen LogP contribution is 2.19. The predicted molar refractivity (Wildman–Crippen MR) is 46.9 cm³/mol. The molecule has 0 amide bonds. The molecule has 3 nitrogen and oxygen atoms in total. The van der Waals surface area contributed by atoms with Crippen molar-refractivity contribution in [3.8, 4) is 0 Å². The second-order valence-corrected chi connectivity index (χ2v) is 4.13. The fourth-order valence-electron chi connectivity index (χ4n) is 0.512. The van der Waals surface area contributed by atoms with Gasteiger partial charge in [-0.15, -0.1) is 0 Å². The first-order chi connectivity index (χ1) is 5.33. The standard InChI is InChI=1S/C6H10N2OS2/c1-2-5(9)3-10-6-7-4-8-11-6/h4-5,9H,2-3H2,1H3. The molecule has 0 saturated heterocycles. The van der Waals surface area contributed by atoms with Gasteiger partial charge in [0.15, 0.2) is 4.34 Å². The van der Waals surface area contributed by atoms with E-state index in [4.69, 9.17) is 0 Å². The Labute approximate surface area is 74.0 Å². The quantitative estimate of drug-likeness (QED) is 0.729. The van der Waals surface area contributed by atoms with Crippen molar-refractivity contribution >= 4 is 23.3 Å². The molecule has 1 aromatic rings. The van der Waals surface area contributed by atoms with Gasteiger partial charge < -0.3 is 5.11 Å². The summed E-state index contributed by atoms with van der Waals surface area (Å²) >= 11 is 2.92. The van der Waals surface area contributed by atoms with Crippen LogP contribution in [0, 0.1) is 0 Å². The summed E-state index contributed by atoms with van der Waals surface area (Å²) in [4.78, 5) is 3.98. The van der Waals surface area contributed by atoms with Gasteiger partial charge in [-0.1, -0.05) is 18.7 Å². The molecular weight excluding hydrogens is 180 g/mol. The Morgan fingerprint density at radius 1 is 1.82 bits per heavy atom. The molecule has 0 aliphatic carbocycles. The largest absolute Gasteiger partial charge is 0.392 e. The van der Waals surface area contributed by atoms with Crippen molar-refractivity contribution in [2.24, 2.45) is 0 Å². The fraction of sp³-hybridized carbons (Fsp3) is 0.667. The monoisotopic (exact) mass is 190 g/mol. The lowest BCUT2D eigenvalue weighted by Gasteiger charge is -2.03. The van der Waals surface area contributed by atoms with Crippen LogP contribution >= 0.6 is 23.3 Å². The van der Waals surface area contributed by atoms with Crippen molar-refractivity contribution in [2.75, 3.05) is 5.75 Å². The van der Waals surface area contributed by atoms with E-state index in [2.05, 4.69) is 9.36 Å². The molecule has 1 rings (SSSR count). The van der Waals surface area contributed by atoms with E-state index in [1.54, 1.807) is 11.8 Å². The highest BCUT2D eigenvalue weighted by molar-refractivity contribution is 8.00. The van der Waals surface area contributed by atoms with Gasteiger partial charge in [0.25, 0.3) is 0 Å². The summed E-state index contributed by atoms with van der Waals surface area (Å²) in [5, 5.41) is 9.19. The van der Waals surface area contributed by atoms with Crippen LogP contribution in [0.2, 0.25) is 0 Å². The van der Waals surface area contributed by atoms with Crippen LogP contribution in [0.25, 0.3) is 0 Å². The van der Waals surface area contributed by atoms with Gasteiger partial charge in [0, 0.05) is 5.75 Å². The van der Waals surface area contributed by atoms with Crippen molar-refractivity contribution in [2.45, 2.75) is 23.8 Å². The minimum Gasteiger partial charge on any atom is -0.392 e. The lowest BCUT2D eigenvalue weighted by molar-refractivity contribution is 0.195. The topological polar surface area (TPSA) is 46.0 Å². The molecule has 1 N–H and O–H groups in total. The first-order valence-corrected chi connectivity index (χ1v) is 5.16. The number of hydrogen-bond donors (Lipinski definition) is 1. The van der Waals surface area contributed by atoms with Crippen molar-refractivity contribution in [3.05, 3.63) is 6.33 Å². The summed E-state index contributed by atoms with van der Waals surface area (Å²) in [6, 6.07) is 0. The van der Waals surface area contributed by atoms with Crippen LogP contribution in [0.15, 0.2) is 10.7 Å². The SMILES string of the molecule is CCC(O)CSc1ncns1. The van der Waals surface area contributed by atoms with Crippen molar-refractivity contribution in [3.63, 3.8) is 0 Å². The Kier molecular flexibility index (Phi) is 3.82. The van der Waals surface area contributed by atoms with E-state index in [1.165, 1.54) is 17.9 Å². The number of aromatic nitrogens is 2. The molecule has 0 fully saturated rings. The molecule has 0 aliphatic heterocycles. The predicted octanol–water partition coefficient (Wildman–Crippen LogP) is 1.40. The van der Waals surface area contributed by atoms with Crippen molar-refractivity contribution < 1.29 is 5.11 Å². The molecule has 0 radical (unpaired) electrons. The van der Waals surface area contributed by atoms with Crippen LogP contribution in [-0.2, 0) is 0 Å². The third-order valence-corrected chi connectivity index (χ3v) is 3.15. The van der Waals surface area contributed by atoms with E-state index in [-0.39, 0.29) is 6.10 Å². The van der Waals surface area contributed by atoms with E-state index >= 15 is 0 Å². The molecule has 0 spiro atoms. The van der Waals surface area contributed by atoms with Crippen LogP contribution in [0.4, 0.5) is 0 Å². The van der Waals surface area contributed by atoms with Crippen LogP contribution < -0.4 is 0 Å². The van der Waals surface area contributed by atoms with Crippen LogP contribution in [0.1, 0.15) is 13.3 Å². The van der Waals surface area contributed by atoms with Gasteiger partial charge in [0.2, 0.25) is 0 Å². The maximum absolute atomic E-state index is 9.19. The van der Waals surface area contributed by atoms with Gasteiger partial charge in [-0.3, -0.25) is 0 Å². The van der Waals surface area contributed by atoms with Gasteiger partial charge in [0.1, 0.15) is 6.33 Å². The zero-order chi connectivity index (χ0) is 8.10. The Hall–Kier alpha value is -0.130. The van der Waals surface area contributed by atoms with Crippen molar-refractivity contribution in [1.82, 2.24) is 9.36 Å². The second-order valence-electron chi connectivity index (χ2n) is 2.08. The lowest BCUT2D eigenvalue weighted by Crippen LogP contribution is -2.06. The average Bonchev–Trinajstić information content (AvgIpc) is 2.52. The van der Waals surface area contributed by atoms with Crippen molar-refractivity contribution in [1.29, 1.82) is 0 Å². The molecule has 5 heteroatoms. The molecule has 0 bridgehead atoms. The number of rotatable bonds is 4. The minimum atomic E-state index is -0.219. The number of thioether (sulfide) groups is 1. The summed E-state index contributed by atoms with van der Waals surface area (Å²) in [7, 11) is 0. The second kappa shape index (κ2) is 4.69. The number of nitrogens with zero attached hydrogens (tertiary/aromatic N) is 2. The summed E-state index contributed by atoms with van der Waals surface area (Å²) in [5.41, 5.74) is 0. The summed E-state index contributed by atoms with van der Waals surface area (Å²) < 4.78 is 4.78. The Morgan fingerprint density at radius 3 is 3.18 bits per heavy atom. The van der Waals surface area contributed by atoms with E-state index < -0.39 is 0 Å². The Balaban J connectivity index is 2.23. The molecule has 0 aromatic carbocycles. The third kappa shape index (κ3) is 3.18. The molecule has 1 atom stereocenters. The molecule has 1 aromatic heterocycles. The van der Waals surface area contributed by atoms with E-state index in [0.717, 1.165) is 10.8 Å². The molecule has 0 saturated carbocycles. The highest BCUT2D eigenvalue weighted by Gasteiger charge is 2.03. The zero-order valence-corrected chi connectivity index (χ0v) is 7.86. The van der Waals surface area contributed by atoms with Gasteiger partial charge in [-0.05, 0) is 18.0 Å². The Bertz CT molecular complexity index is 190. The number of aliphatic hydroxyl groups excluding tert-OH is 1. The third-order valence-electron chi connectivity index (χ3n) is 1.21. The highest BCUT2D eigenvalue weighted by atomic mass is 32.2. The molecular formula is C6H10N2OS2. The summed E-state index contributed by atoms with van der Waals surface area (Å²) in [6.45, 7) is 1.96. The molecule has 62 valence electrons. The maximum atomic E-state index is 9.19. The number of hydrogen-bond acceptors (Lipinski definition) is 5. The zero-order valence-electron chi connectivity index (χ0n) is 6.23. The average molecular weight is 190 g/mol. The summed E-state index contributed by atoms with van der Waals surface area (Å²) in [5.74, 6) is 0.714. The smallest absolute Gasteiger partial charge is 0.169 e. The van der Waals surface area contributed by atoms with Gasteiger partial charge in [-0.2, -0.15) is 4.37 Å². The van der Waals surface area contributed by atoms with Gasteiger partial charge >= 0.3 is 0 Å².